The Labute approximate surface area is 380 Å². The molecule has 2 aromatic carbocycles. The number of hydrogen-bond donors (Lipinski definition) is 0. The van der Waals surface area contributed by atoms with Gasteiger partial charge < -0.3 is 18.9 Å². The number of carbonyl (C=O) groups is 1. The molecule has 0 saturated carbocycles. The minimum atomic E-state index is -0.258. The maximum Gasteiger partial charge on any atom is 0.360 e. The molecular weight excluding hydrogens is 781 g/mol. The number of ketones is 1. The first kappa shape index (κ1) is 49.2. The molecule has 0 atom stereocenters. The third-order valence-electron chi connectivity index (χ3n) is 11.7. The molecule has 2 aliphatic rings. The second-order valence-electron chi connectivity index (χ2n) is 19.4. The Bertz CT molecular complexity index is 2080. The van der Waals surface area contributed by atoms with Crippen molar-refractivity contribution in [3.63, 3.8) is 0 Å². The van der Waals surface area contributed by atoms with Gasteiger partial charge in [-0.2, -0.15) is 0 Å². The summed E-state index contributed by atoms with van der Waals surface area (Å²) in [5, 5.41) is 0. The van der Waals surface area contributed by atoms with E-state index in [0.717, 1.165) is 82.9 Å². The molecule has 2 heterocycles. The van der Waals surface area contributed by atoms with Crippen LogP contribution in [0, 0.1) is 5.41 Å². The number of allylic oxidation sites excluding steroid dienone is 7. The van der Waals surface area contributed by atoms with Crippen molar-refractivity contribution in [1.82, 2.24) is 0 Å². The standard InChI is InChI=1S/C57H77O6/c1-10-12-14-16-18-20-22-24-34-60-46-30-26-44(27-31-46)50-38-42(40-52(62-50)56(3,4)5)36-48-54(58)49(55(48)59-9)37-43-39-51(63-53(41-43)57(6,7)8)45-28-32-47(33-29-45)61-35-25-23-21-19-17-15-13-11-2/h26-33,36-41H,10-25,34-35H2,1-9H3/q+1. The van der Waals surface area contributed by atoms with E-state index in [0.29, 0.717) is 16.9 Å². The van der Waals surface area contributed by atoms with Crippen molar-refractivity contribution in [3.05, 3.63) is 124 Å². The van der Waals surface area contributed by atoms with E-state index in [-0.39, 0.29) is 16.6 Å². The second-order valence-corrected chi connectivity index (χ2v) is 19.4. The van der Waals surface area contributed by atoms with Gasteiger partial charge in [0.05, 0.1) is 48.5 Å². The van der Waals surface area contributed by atoms with Gasteiger partial charge in [-0.05, 0) is 118 Å². The summed E-state index contributed by atoms with van der Waals surface area (Å²) in [5.74, 6) is 5.31. The lowest BCUT2D eigenvalue weighted by Gasteiger charge is -2.28. The zero-order chi connectivity index (χ0) is 45.2. The highest BCUT2D eigenvalue weighted by Gasteiger charge is 2.36. The van der Waals surface area contributed by atoms with Gasteiger partial charge in [-0.1, -0.05) is 125 Å². The Morgan fingerprint density at radius 2 is 1.11 bits per heavy atom. The number of carbonyl (C=O) groups excluding carboxylic acids is 1. The fourth-order valence-electron chi connectivity index (χ4n) is 7.77. The number of benzene rings is 2. The van der Waals surface area contributed by atoms with E-state index in [2.05, 4.69) is 55.4 Å². The third kappa shape index (κ3) is 15.1. The molecular formula is C57H77O6+. The first-order valence-electron chi connectivity index (χ1n) is 24.1. The molecule has 3 aromatic rings. The number of methoxy groups -OCH3 is 1. The smallest absolute Gasteiger partial charge is 0.360 e. The summed E-state index contributed by atoms with van der Waals surface area (Å²) in [5.41, 5.74) is 4.17. The number of ether oxygens (including phenoxy) is 4. The van der Waals surface area contributed by atoms with Crippen LogP contribution in [-0.4, -0.2) is 26.1 Å². The van der Waals surface area contributed by atoms with Gasteiger partial charge >= 0.3 is 11.5 Å². The van der Waals surface area contributed by atoms with Gasteiger partial charge in [0.1, 0.15) is 28.8 Å². The van der Waals surface area contributed by atoms with Crippen molar-refractivity contribution in [1.29, 1.82) is 0 Å². The molecule has 6 nitrogen and oxygen atoms in total. The number of hydrogen-bond acceptors (Lipinski definition) is 5. The van der Waals surface area contributed by atoms with E-state index < -0.39 is 0 Å². The molecule has 0 spiro atoms. The van der Waals surface area contributed by atoms with Crippen LogP contribution in [0.3, 0.4) is 0 Å². The monoisotopic (exact) mass is 858 g/mol. The predicted octanol–water partition coefficient (Wildman–Crippen LogP) is 16.4. The van der Waals surface area contributed by atoms with E-state index in [4.69, 9.17) is 23.4 Å². The average molecular weight is 858 g/mol. The molecule has 0 unspecified atom stereocenters. The van der Waals surface area contributed by atoms with Gasteiger partial charge in [0.15, 0.2) is 0 Å². The van der Waals surface area contributed by atoms with Gasteiger partial charge in [0.2, 0.25) is 5.78 Å². The van der Waals surface area contributed by atoms with Crippen molar-refractivity contribution in [2.24, 2.45) is 5.41 Å². The van der Waals surface area contributed by atoms with Crippen molar-refractivity contribution in [2.75, 3.05) is 20.3 Å². The van der Waals surface area contributed by atoms with E-state index in [1.54, 1.807) is 7.11 Å². The van der Waals surface area contributed by atoms with Crippen LogP contribution < -0.4 is 9.47 Å². The van der Waals surface area contributed by atoms with Crippen LogP contribution in [0.15, 0.2) is 112 Å². The number of rotatable bonds is 25. The molecule has 6 heteroatoms. The lowest BCUT2D eigenvalue weighted by atomic mass is 9.84. The van der Waals surface area contributed by atoms with E-state index in [9.17, 15) is 4.79 Å². The van der Waals surface area contributed by atoms with Gasteiger partial charge in [0.25, 0.3) is 0 Å². The Morgan fingerprint density at radius 1 is 0.603 bits per heavy atom. The number of unbranched alkanes of at least 4 members (excludes halogenated alkanes) is 14. The summed E-state index contributed by atoms with van der Waals surface area (Å²) in [6.45, 7) is 18.7. The van der Waals surface area contributed by atoms with E-state index in [1.807, 2.05) is 85.0 Å². The number of Topliss-reactive ketones (excluding diaryl/α,β-unsaturated/α-hetero) is 1. The van der Waals surface area contributed by atoms with Crippen LogP contribution in [0.4, 0.5) is 0 Å². The van der Waals surface area contributed by atoms with Gasteiger partial charge in [-0.3, -0.25) is 4.79 Å². The molecule has 0 saturated heterocycles. The fourth-order valence-corrected chi connectivity index (χ4v) is 7.77. The fraction of sp³-hybridized carbons (Fsp3) is 0.509. The highest BCUT2D eigenvalue weighted by atomic mass is 16.5. The molecule has 1 aliphatic heterocycles. The van der Waals surface area contributed by atoms with Crippen LogP contribution >= 0.6 is 0 Å². The maximum absolute atomic E-state index is 14.0. The molecule has 0 bridgehead atoms. The first-order valence-corrected chi connectivity index (χ1v) is 24.1. The summed E-state index contributed by atoms with van der Waals surface area (Å²) in [6.07, 6.45) is 28.2. The Kier molecular flexibility index (Phi) is 19.0. The molecule has 1 aliphatic carbocycles. The van der Waals surface area contributed by atoms with Gasteiger partial charge in [-0.15, -0.1) is 0 Å². The lowest BCUT2D eigenvalue weighted by molar-refractivity contribution is -0.113. The van der Waals surface area contributed by atoms with Crippen LogP contribution in [0.1, 0.15) is 175 Å². The topological polar surface area (TPSA) is 65.3 Å². The van der Waals surface area contributed by atoms with Crippen LogP contribution in [0.2, 0.25) is 0 Å². The SMILES string of the molecule is CCCCCCCCCCOc1ccc(C2=CC(=CC3=C(OC)C(=Cc4cc(-c5ccc(OCCCCCCCCCC)cc5)[o+]c(C(C)(C)C)c4)C3=O)C=C(C(C)(C)C)O2)cc1. The van der Waals surface area contributed by atoms with Crippen molar-refractivity contribution in [3.8, 4) is 22.8 Å². The summed E-state index contributed by atoms with van der Waals surface area (Å²) < 4.78 is 31.1. The summed E-state index contributed by atoms with van der Waals surface area (Å²) in [7, 11) is 1.62. The van der Waals surface area contributed by atoms with E-state index in [1.165, 1.54) is 89.9 Å². The summed E-state index contributed by atoms with van der Waals surface area (Å²) in [4.78, 5) is 14.0. The van der Waals surface area contributed by atoms with Crippen LogP contribution in [-0.2, 0) is 19.7 Å². The van der Waals surface area contributed by atoms with E-state index >= 15 is 0 Å². The van der Waals surface area contributed by atoms with Crippen LogP contribution in [0.25, 0.3) is 23.2 Å². The van der Waals surface area contributed by atoms with Gasteiger partial charge in [0, 0.05) is 17.0 Å². The van der Waals surface area contributed by atoms with Crippen molar-refractivity contribution >= 4 is 17.6 Å². The zero-order valence-corrected chi connectivity index (χ0v) is 40.3. The molecule has 0 radical (unpaired) electrons. The highest BCUT2D eigenvalue weighted by molar-refractivity contribution is 6.23. The Hall–Kier alpha value is -4.84. The highest BCUT2D eigenvalue weighted by Crippen LogP contribution is 2.40. The molecule has 0 fully saturated rings. The molecule has 0 N–H and O–H groups in total. The maximum atomic E-state index is 14.0. The minimum Gasteiger partial charge on any atom is -0.495 e. The largest absolute Gasteiger partial charge is 0.495 e. The van der Waals surface area contributed by atoms with Crippen molar-refractivity contribution in [2.45, 2.75) is 164 Å². The second kappa shape index (κ2) is 24.3. The third-order valence-corrected chi connectivity index (χ3v) is 11.7. The molecule has 5 rings (SSSR count). The zero-order valence-electron chi connectivity index (χ0n) is 40.3. The predicted molar refractivity (Wildman–Crippen MR) is 262 cm³/mol. The first-order chi connectivity index (χ1) is 30.3. The molecule has 340 valence electrons. The van der Waals surface area contributed by atoms with Crippen molar-refractivity contribution < 1.29 is 28.2 Å². The van der Waals surface area contributed by atoms with Crippen LogP contribution in [0.5, 0.6) is 11.5 Å². The Morgan fingerprint density at radius 3 is 1.60 bits per heavy atom. The lowest BCUT2D eigenvalue weighted by Crippen LogP contribution is -2.23. The summed E-state index contributed by atoms with van der Waals surface area (Å²) >= 11 is 0. The molecule has 0 amide bonds. The quantitative estimate of drug-likeness (QED) is 0.0480. The average Bonchev–Trinajstić information content (AvgIpc) is 3.27. The summed E-state index contributed by atoms with van der Waals surface area (Å²) in [6, 6.07) is 20.2. The normalized spacial score (nSPS) is 15.6. The molecule has 63 heavy (non-hydrogen) atoms. The minimum absolute atomic E-state index is 0.0675. The Balaban J connectivity index is 1.29. The van der Waals surface area contributed by atoms with Gasteiger partial charge in [-0.25, -0.2) is 4.42 Å². The molecule has 1 aromatic heterocycles.